The fourth-order valence-corrected chi connectivity index (χ4v) is 1.65. The Bertz CT molecular complexity index is 354. The van der Waals surface area contributed by atoms with Gasteiger partial charge in [-0.15, -0.1) is 0 Å². The van der Waals surface area contributed by atoms with Crippen LogP contribution in [0.1, 0.15) is 12.8 Å². The van der Waals surface area contributed by atoms with Crippen molar-refractivity contribution >= 4 is 17.3 Å². The van der Waals surface area contributed by atoms with Gasteiger partial charge in [0.2, 0.25) is 0 Å². The summed E-state index contributed by atoms with van der Waals surface area (Å²) in [4.78, 5) is 3.92. The van der Waals surface area contributed by atoms with E-state index in [9.17, 15) is 0 Å². The van der Waals surface area contributed by atoms with Gasteiger partial charge in [-0.2, -0.15) is 0 Å². The van der Waals surface area contributed by atoms with Crippen molar-refractivity contribution in [2.75, 3.05) is 11.9 Å². The van der Waals surface area contributed by atoms with Crippen molar-refractivity contribution in [1.29, 1.82) is 0 Å². The quantitative estimate of drug-likeness (QED) is 0.802. The van der Waals surface area contributed by atoms with Crippen LogP contribution in [0.5, 0.6) is 0 Å². The first-order valence-corrected chi connectivity index (χ1v) is 5.38. The van der Waals surface area contributed by atoms with E-state index in [-0.39, 0.29) is 6.10 Å². The molecule has 0 bridgehead atoms. The Balaban J connectivity index is 1.84. The van der Waals surface area contributed by atoms with E-state index in [4.69, 9.17) is 16.3 Å². The molecular formula is C11H13ClN2O. The van der Waals surface area contributed by atoms with Gasteiger partial charge in [-0.25, -0.2) is 4.98 Å². The zero-order valence-electron chi connectivity index (χ0n) is 8.32. The number of nitrogens with zero attached hydrogens (tertiary/aromatic N) is 1. The van der Waals surface area contributed by atoms with Gasteiger partial charge >= 0.3 is 0 Å². The number of hydrogen-bond donors (Lipinski definition) is 1. The second-order valence-electron chi connectivity index (χ2n) is 3.46. The van der Waals surface area contributed by atoms with Gasteiger partial charge in [-0.1, -0.05) is 11.6 Å². The van der Waals surface area contributed by atoms with E-state index in [1.54, 1.807) is 18.5 Å². The first-order chi connectivity index (χ1) is 7.34. The van der Waals surface area contributed by atoms with Gasteiger partial charge in [0.05, 0.1) is 12.8 Å². The van der Waals surface area contributed by atoms with E-state index in [1.807, 2.05) is 12.1 Å². The van der Waals surface area contributed by atoms with Gasteiger partial charge < -0.3 is 10.1 Å². The predicted octanol–water partition coefficient (Wildman–Crippen LogP) is 2.84. The van der Waals surface area contributed by atoms with Gasteiger partial charge in [0.15, 0.2) is 0 Å². The van der Waals surface area contributed by atoms with Crippen molar-refractivity contribution in [2.24, 2.45) is 0 Å². The van der Waals surface area contributed by atoms with Crippen LogP contribution >= 0.6 is 11.6 Å². The first-order valence-electron chi connectivity index (χ1n) is 5.00. The largest absolute Gasteiger partial charge is 0.497 e. The maximum atomic E-state index is 5.77. The number of pyridine rings is 1. The van der Waals surface area contributed by atoms with Crippen molar-refractivity contribution in [3.8, 4) is 0 Å². The lowest BCUT2D eigenvalue weighted by Crippen LogP contribution is -2.22. The molecule has 80 valence electrons. The number of hydrogen-bond acceptors (Lipinski definition) is 3. The SMILES string of the molecule is Clc1cc(NCC2CCC=CO2)ccn1. The van der Waals surface area contributed by atoms with Crippen LogP contribution in [0.15, 0.2) is 30.7 Å². The minimum absolute atomic E-state index is 0.252. The molecule has 0 spiro atoms. The first kappa shape index (κ1) is 10.3. The number of allylic oxidation sites excluding steroid dienone is 1. The topological polar surface area (TPSA) is 34.1 Å². The van der Waals surface area contributed by atoms with E-state index < -0.39 is 0 Å². The molecule has 1 aliphatic heterocycles. The third-order valence-corrected chi connectivity index (χ3v) is 2.49. The average Bonchev–Trinajstić information content (AvgIpc) is 2.28. The Kier molecular flexibility index (Phi) is 3.45. The summed E-state index contributed by atoms with van der Waals surface area (Å²) < 4.78 is 5.44. The second-order valence-corrected chi connectivity index (χ2v) is 3.84. The molecule has 0 saturated carbocycles. The second kappa shape index (κ2) is 5.03. The number of nitrogens with one attached hydrogen (secondary N) is 1. The lowest BCUT2D eigenvalue weighted by molar-refractivity contribution is 0.135. The Morgan fingerprint density at radius 1 is 1.60 bits per heavy atom. The molecule has 1 atom stereocenters. The summed E-state index contributed by atoms with van der Waals surface area (Å²) in [6, 6.07) is 3.70. The van der Waals surface area contributed by atoms with Crippen molar-refractivity contribution in [3.05, 3.63) is 35.8 Å². The summed E-state index contributed by atoms with van der Waals surface area (Å²) in [5.74, 6) is 0. The zero-order chi connectivity index (χ0) is 10.5. The molecule has 15 heavy (non-hydrogen) atoms. The molecule has 1 unspecified atom stereocenters. The number of aromatic nitrogens is 1. The molecule has 2 heterocycles. The van der Waals surface area contributed by atoms with Crippen molar-refractivity contribution in [2.45, 2.75) is 18.9 Å². The molecule has 2 rings (SSSR count). The Morgan fingerprint density at radius 3 is 3.27 bits per heavy atom. The van der Waals surface area contributed by atoms with Crippen molar-refractivity contribution in [1.82, 2.24) is 4.98 Å². The van der Waals surface area contributed by atoms with Gasteiger partial charge in [0.1, 0.15) is 11.3 Å². The summed E-state index contributed by atoms with van der Waals surface area (Å²) in [6.45, 7) is 0.796. The fourth-order valence-electron chi connectivity index (χ4n) is 1.48. The number of rotatable bonds is 3. The summed E-state index contributed by atoms with van der Waals surface area (Å²) in [5.41, 5.74) is 0.980. The standard InChI is InChI=1S/C11H13ClN2O/c12-11-7-9(4-5-13-11)14-8-10-3-1-2-6-15-10/h2,4-7,10H,1,3,8H2,(H,13,14). The molecule has 0 aromatic carbocycles. The van der Waals surface area contributed by atoms with Crippen LogP contribution in [0.4, 0.5) is 5.69 Å². The fraction of sp³-hybridized carbons (Fsp3) is 0.364. The molecule has 1 aromatic rings. The molecule has 1 aliphatic rings. The molecule has 0 aliphatic carbocycles. The zero-order valence-corrected chi connectivity index (χ0v) is 9.07. The predicted molar refractivity (Wildman–Crippen MR) is 61.0 cm³/mol. The van der Waals surface area contributed by atoms with E-state index in [0.717, 1.165) is 25.1 Å². The highest BCUT2D eigenvalue weighted by molar-refractivity contribution is 6.29. The Hall–Kier alpha value is -1.22. The lowest BCUT2D eigenvalue weighted by atomic mass is 10.1. The Morgan fingerprint density at radius 2 is 2.53 bits per heavy atom. The lowest BCUT2D eigenvalue weighted by Gasteiger charge is -2.20. The van der Waals surface area contributed by atoms with E-state index in [0.29, 0.717) is 5.15 Å². The minimum atomic E-state index is 0.252. The van der Waals surface area contributed by atoms with Gasteiger partial charge in [-0.3, -0.25) is 0 Å². The smallest absolute Gasteiger partial charge is 0.131 e. The summed E-state index contributed by atoms with van der Waals surface area (Å²) in [6.07, 6.45) is 7.90. The molecule has 0 radical (unpaired) electrons. The monoisotopic (exact) mass is 224 g/mol. The number of anilines is 1. The molecule has 1 N–H and O–H groups in total. The van der Waals surface area contributed by atoms with Gasteiger partial charge in [0, 0.05) is 11.9 Å². The molecule has 3 nitrogen and oxygen atoms in total. The number of ether oxygens (including phenoxy) is 1. The average molecular weight is 225 g/mol. The highest BCUT2D eigenvalue weighted by Crippen LogP contribution is 2.14. The highest BCUT2D eigenvalue weighted by Gasteiger charge is 2.10. The van der Waals surface area contributed by atoms with Gasteiger partial charge in [0.25, 0.3) is 0 Å². The molecular weight excluding hydrogens is 212 g/mol. The maximum Gasteiger partial charge on any atom is 0.131 e. The van der Waals surface area contributed by atoms with E-state index >= 15 is 0 Å². The van der Waals surface area contributed by atoms with Crippen LogP contribution in [0, 0.1) is 0 Å². The van der Waals surface area contributed by atoms with Crippen LogP contribution < -0.4 is 5.32 Å². The van der Waals surface area contributed by atoms with Crippen LogP contribution in [-0.4, -0.2) is 17.6 Å². The van der Waals surface area contributed by atoms with E-state index in [1.165, 1.54) is 0 Å². The normalized spacial score (nSPS) is 19.7. The van der Waals surface area contributed by atoms with Crippen LogP contribution in [0.25, 0.3) is 0 Å². The van der Waals surface area contributed by atoms with Gasteiger partial charge in [-0.05, 0) is 31.1 Å². The van der Waals surface area contributed by atoms with Crippen molar-refractivity contribution < 1.29 is 4.74 Å². The van der Waals surface area contributed by atoms with Crippen LogP contribution in [0.2, 0.25) is 5.15 Å². The maximum absolute atomic E-state index is 5.77. The molecule has 0 saturated heterocycles. The summed E-state index contributed by atoms with van der Waals surface area (Å²) >= 11 is 5.77. The molecule has 1 aromatic heterocycles. The van der Waals surface area contributed by atoms with Crippen LogP contribution in [0.3, 0.4) is 0 Å². The number of halogens is 1. The van der Waals surface area contributed by atoms with Crippen molar-refractivity contribution in [3.63, 3.8) is 0 Å². The summed E-state index contributed by atoms with van der Waals surface area (Å²) in [7, 11) is 0. The highest BCUT2D eigenvalue weighted by atomic mass is 35.5. The van der Waals surface area contributed by atoms with E-state index in [2.05, 4.69) is 10.3 Å². The third-order valence-electron chi connectivity index (χ3n) is 2.28. The Labute approximate surface area is 94.1 Å². The summed E-state index contributed by atoms with van der Waals surface area (Å²) in [5, 5.41) is 3.78. The van der Waals surface area contributed by atoms with Crippen LogP contribution in [-0.2, 0) is 4.74 Å². The molecule has 0 amide bonds. The minimum Gasteiger partial charge on any atom is -0.497 e. The molecule has 4 heteroatoms. The third kappa shape index (κ3) is 3.13. The molecule has 0 fully saturated rings.